The number of rotatable bonds is 4. The van der Waals surface area contributed by atoms with Gasteiger partial charge in [-0.3, -0.25) is 4.79 Å². The van der Waals surface area contributed by atoms with E-state index in [1.807, 2.05) is 13.0 Å². The Hall–Kier alpha value is -1.56. The van der Waals surface area contributed by atoms with Gasteiger partial charge in [0.1, 0.15) is 4.88 Å². The molecule has 0 fully saturated rings. The summed E-state index contributed by atoms with van der Waals surface area (Å²) in [5.41, 5.74) is 0.411. The van der Waals surface area contributed by atoms with E-state index in [9.17, 15) is 9.59 Å². The third-order valence-corrected chi connectivity index (χ3v) is 4.01. The van der Waals surface area contributed by atoms with Crippen molar-refractivity contribution in [2.45, 2.75) is 6.92 Å². The Morgan fingerprint density at radius 3 is 2.62 bits per heavy atom. The third-order valence-electron chi connectivity index (χ3n) is 2.48. The van der Waals surface area contributed by atoms with Crippen molar-refractivity contribution in [3.8, 4) is 0 Å². The summed E-state index contributed by atoms with van der Waals surface area (Å²) in [6, 6.07) is 8.17. The fourth-order valence-electron chi connectivity index (χ4n) is 1.52. The molecule has 1 aromatic carbocycles. The molecule has 0 aliphatic heterocycles. The molecule has 0 radical (unpaired) electrons. The molecule has 2 aromatic rings. The molecule has 0 aliphatic carbocycles. The Morgan fingerprint density at radius 1 is 1.24 bits per heavy atom. The summed E-state index contributed by atoms with van der Waals surface area (Å²) < 4.78 is 4.93. The number of aryl methyl sites for hydroxylation is 1. The van der Waals surface area contributed by atoms with Crippen LogP contribution in [0, 0.1) is 6.92 Å². The van der Waals surface area contributed by atoms with Crippen LogP contribution in [-0.2, 0) is 9.53 Å². The van der Waals surface area contributed by atoms with Crippen molar-refractivity contribution < 1.29 is 14.3 Å². The zero-order chi connectivity index (χ0) is 15.4. The minimum atomic E-state index is -0.523. The Balaban J connectivity index is 1.89. The van der Waals surface area contributed by atoms with Gasteiger partial charge in [-0.05, 0) is 37.3 Å². The minimum absolute atomic E-state index is 0.316. The number of thiophene rings is 1. The molecule has 7 heteroatoms. The van der Waals surface area contributed by atoms with Crippen LogP contribution in [0.1, 0.15) is 14.5 Å². The van der Waals surface area contributed by atoms with E-state index in [2.05, 4.69) is 5.32 Å². The van der Waals surface area contributed by atoms with Crippen LogP contribution in [0.15, 0.2) is 30.3 Å². The van der Waals surface area contributed by atoms with Gasteiger partial charge in [-0.2, -0.15) is 0 Å². The number of anilines is 1. The fraction of sp³-hybridized carbons (Fsp3) is 0.143. The first-order valence-electron chi connectivity index (χ1n) is 5.94. The molecule has 1 aromatic heterocycles. The molecule has 4 nitrogen and oxygen atoms in total. The molecule has 2 rings (SSSR count). The molecule has 0 spiro atoms. The van der Waals surface area contributed by atoms with Crippen LogP contribution in [0.5, 0.6) is 0 Å². The number of carbonyl (C=O) groups excluding carboxylic acids is 2. The second kappa shape index (κ2) is 6.93. The van der Waals surface area contributed by atoms with E-state index in [0.717, 1.165) is 4.88 Å². The van der Waals surface area contributed by atoms with Crippen LogP contribution < -0.4 is 5.32 Å². The number of amides is 1. The van der Waals surface area contributed by atoms with Crippen LogP contribution in [0.3, 0.4) is 0 Å². The largest absolute Gasteiger partial charge is 0.451 e. The Morgan fingerprint density at radius 2 is 2.00 bits per heavy atom. The van der Waals surface area contributed by atoms with Crippen molar-refractivity contribution in [1.29, 1.82) is 0 Å². The summed E-state index contributed by atoms with van der Waals surface area (Å²) in [7, 11) is 0. The van der Waals surface area contributed by atoms with Crippen molar-refractivity contribution in [2.75, 3.05) is 11.9 Å². The number of hydrogen-bond donors (Lipinski definition) is 1. The number of halogens is 2. The first-order valence-corrected chi connectivity index (χ1v) is 7.51. The molecule has 1 amide bonds. The van der Waals surface area contributed by atoms with Gasteiger partial charge in [0.05, 0.1) is 10.7 Å². The van der Waals surface area contributed by atoms with E-state index in [1.165, 1.54) is 17.4 Å². The molecule has 1 heterocycles. The van der Waals surface area contributed by atoms with Crippen LogP contribution in [0.4, 0.5) is 5.69 Å². The number of nitrogens with one attached hydrogen (secondary N) is 1. The van der Waals surface area contributed by atoms with Crippen molar-refractivity contribution in [2.24, 2.45) is 0 Å². The zero-order valence-electron chi connectivity index (χ0n) is 11.0. The molecule has 0 saturated heterocycles. The van der Waals surface area contributed by atoms with E-state index in [4.69, 9.17) is 27.9 Å². The average Bonchev–Trinajstić information content (AvgIpc) is 2.86. The molecule has 0 saturated carbocycles. The van der Waals surface area contributed by atoms with Gasteiger partial charge in [-0.1, -0.05) is 23.2 Å². The van der Waals surface area contributed by atoms with Gasteiger partial charge in [-0.25, -0.2) is 4.79 Å². The molecule has 0 bridgehead atoms. The van der Waals surface area contributed by atoms with Gasteiger partial charge in [0.2, 0.25) is 0 Å². The van der Waals surface area contributed by atoms with Crippen molar-refractivity contribution >= 4 is 52.1 Å². The van der Waals surface area contributed by atoms with Gasteiger partial charge >= 0.3 is 5.97 Å². The lowest BCUT2D eigenvalue weighted by molar-refractivity contribution is -0.119. The maximum atomic E-state index is 11.7. The van der Waals surface area contributed by atoms with Gasteiger partial charge < -0.3 is 10.1 Å². The number of carbonyl (C=O) groups is 2. The third kappa shape index (κ3) is 4.46. The van der Waals surface area contributed by atoms with E-state index < -0.39 is 11.9 Å². The van der Waals surface area contributed by atoms with Crippen molar-refractivity contribution in [3.63, 3.8) is 0 Å². The highest BCUT2D eigenvalue weighted by Gasteiger charge is 2.13. The van der Waals surface area contributed by atoms with Crippen LogP contribution in [0.25, 0.3) is 0 Å². The Bertz CT molecular complexity index is 685. The summed E-state index contributed by atoms with van der Waals surface area (Å²) in [6.07, 6.45) is 0. The summed E-state index contributed by atoms with van der Waals surface area (Å²) in [5, 5.41) is 3.33. The minimum Gasteiger partial charge on any atom is -0.451 e. The second-order valence-corrected chi connectivity index (χ2v) is 6.29. The predicted molar refractivity (Wildman–Crippen MR) is 84.4 cm³/mol. The maximum absolute atomic E-state index is 11.7. The number of hydrogen-bond acceptors (Lipinski definition) is 4. The van der Waals surface area contributed by atoms with Gasteiger partial charge in [0, 0.05) is 9.90 Å². The lowest BCUT2D eigenvalue weighted by Crippen LogP contribution is -2.20. The average molecular weight is 344 g/mol. The van der Waals surface area contributed by atoms with E-state index in [-0.39, 0.29) is 6.61 Å². The standard InChI is InChI=1S/C14H11Cl2NO3S/c1-8-2-5-12(21-8)14(19)20-7-13(18)17-11-4-3-9(15)6-10(11)16/h2-6H,7H2,1H3,(H,17,18). The number of esters is 1. The lowest BCUT2D eigenvalue weighted by atomic mass is 10.3. The van der Waals surface area contributed by atoms with Gasteiger partial charge in [0.25, 0.3) is 5.91 Å². The number of ether oxygens (including phenoxy) is 1. The predicted octanol–water partition coefficient (Wildman–Crippen LogP) is 4.16. The number of benzene rings is 1. The summed E-state index contributed by atoms with van der Waals surface area (Å²) >= 11 is 13.0. The molecule has 0 aliphatic rings. The summed E-state index contributed by atoms with van der Waals surface area (Å²) in [4.78, 5) is 24.9. The normalized spacial score (nSPS) is 10.2. The smallest absolute Gasteiger partial charge is 0.348 e. The van der Waals surface area contributed by atoms with E-state index >= 15 is 0 Å². The topological polar surface area (TPSA) is 55.4 Å². The second-order valence-electron chi connectivity index (χ2n) is 4.16. The van der Waals surface area contributed by atoms with Gasteiger partial charge in [-0.15, -0.1) is 11.3 Å². The molecule has 0 atom stereocenters. The summed E-state index contributed by atoms with van der Waals surface area (Å²) in [6.45, 7) is 1.51. The van der Waals surface area contributed by atoms with Crippen LogP contribution in [0.2, 0.25) is 10.0 Å². The highest BCUT2D eigenvalue weighted by atomic mass is 35.5. The van der Waals surface area contributed by atoms with E-state index in [1.54, 1.807) is 18.2 Å². The molecular weight excluding hydrogens is 333 g/mol. The molecule has 1 N–H and O–H groups in total. The summed E-state index contributed by atoms with van der Waals surface area (Å²) in [5.74, 6) is -0.994. The molecule has 110 valence electrons. The Labute approximate surface area is 135 Å². The maximum Gasteiger partial charge on any atom is 0.348 e. The van der Waals surface area contributed by atoms with E-state index in [0.29, 0.717) is 20.6 Å². The van der Waals surface area contributed by atoms with Crippen LogP contribution in [-0.4, -0.2) is 18.5 Å². The first kappa shape index (κ1) is 15.8. The quantitative estimate of drug-likeness (QED) is 0.848. The van der Waals surface area contributed by atoms with Crippen molar-refractivity contribution in [1.82, 2.24) is 0 Å². The van der Waals surface area contributed by atoms with Crippen LogP contribution >= 0.6 is 34.5 Å². The zero-order valence-corrected chi connectivity index (χ0v) is 13.3. The monoisotopic (exact) mass is 343 g/mol. The molecule has 21 heavy (non-hydrogen) atoms. The van der Waals surface area contributed by atoms with Crippen molar-refractivity contribution in [3.05, 3.63) is 50.1 Å². The molecular formula is C14H11Cl2NO3S. The fourth-order valence-corrected chi connectivity index (χ4v) is 2.74. The highest BCUT2D eigenvalue weighted by Crippen LogP contribution is 2.25. The highest BCUT2D eigenvalue weighted by molar-refractivity contribution is 7.13. The Kier molecular flexibility index (Phi) is 5.22. The SMILES string of the molecule is Cc1ccc(C(=O)OCC(=O)Nc2ccc(Cl)cc2Cl)s1. The lowest BCUT2D eigenvalue weighted by Gasteiger charge is -2.07. The van der Waals surface area contributed by atoms with Gasteiger partial charge in [0.15, 0.2) is 6.61 Å². The molecule has 0 unspecified atom stereocenters. The first-order chi connectivity index (χ1) is 9.95.